The van der Waals surface area contributed by atoms with Crippen molar-refractivity contribution in [3.63, 3.8) is 0 Å². The van der Waals surface area contributed by atoms with Gasteiger partial charge in [0.15, 0.2) is 0 Å². The maximum Gasteiger partial charge on any atom is 2.00 e. The number of nitrogens with zero attached hydrogens (tertiary/aromatic N) is 4. The summed E-state index contributed by atoms with van der Waals surface area (Å²) in [5.41, 5.74) is 8.06. The molecule has 0 amide bonds. The summed E-state index contributed by atoms with van der Waals surface area (Å²) in [6, 6.07) is 43.1. The molecule has 0 radical (unpaired) electrons. The van der Waals surface area contributed by atoms with Crippen molar-refractivity contribution in [1.82, 2.24) is 14.5 Å². The zero-order valence-electron chi connectivity index (χ0n) is 34.2. The Hall–Kier alpha value is -5.06. The van der Waals surface area contributed by atoms with Gasteiger partial charge in [-0.25, -0.2) is 4.98 Å². The third-order valence-electron chi connectivity index (χ3n) is 11.7. The van der Waals surface area contributed by atoms with Gasteiger partial charge in [-0.1, -0.05) is 138 Å². The topological polar surface area (TPSA) is 61.5 Å². The van der Waals surface area contributed by atoms with Crippen LogP contribution in [0.25, 0.3) is 38.9 Å². The van der Waals surface area contributed by atoms with E-state index in [0.29, 0.717) is 23.3 Å². The summed E-state index contributed by atoms with van der Waals surface area (Å²) < 4.78 is 15.8. The van der Waals surface area contributed by atoms with Crippen molar-refractivity contribution in [3.8, 4) is 28.6 Å². The number of aromatic nitrogens is 3. The molecule has 1 saturated carbocycles. The minimum absolute atomic E-state index is 0. The number of aliphatic imine (C=N–C) groups is 1. The average molecular weight is 946 g/mol. The van der Waals surface area contributed by atoms with Crippen LogP contribution in [0.15, 0.2) is 121 Å². The first kappa shape index (κ1) is 39.7. The van der Waals surface area contributed by atoms with Gasteiger partial charge in [0.2, 0.25) is 0 Å². The van der Waals surface area contributed by atoms with Crippen LogP contribution in [0.1, 0.15) is 102 Å². The molecule has 58 heavy (non-hydrogen) atoms. The Balaban J connectivity index is 0.00000469. The van der Waals surface area contributed by atoms with Crippen molar-refractivity contribution in [3.05, 3.63) is 150 Å². The molecule has 2 aliphatic rings. The smallest absolute Gasteiger partial charge is 0.510 e. The van der Waals surface area contributed by atoms with Crippen molar-refractivity contribution in [1.29, 1.82) is 0 Å². The van der Waals surface area contributed by atoms with Gasteiger partial charge in [0.1, 0.15) is 17.8 Å². The number of rotatable bonds is 7. The predicted molar refractivity (Wildman–Crippen MR) is 231 cm³/mol. The molecule has 2 atom stereocenters. The standard InChI is InChI=1S/C51H50N4O2.Pt/c1-50(2,3)37-20-23-44-42(30-37)41-22-21-39(32-45(41)55(44)46-31-38(24-26-53-46)51(4,5)6)56-40-28-35(43-19-13-14-25-52-43)27-36(29-40)49-54-47(33-15-9-7-10-16-33)48(57-49)34-17-11-8-12-18-34;/h8,11-14,17-28,30-31,33,47-48H,7,9-10,15-16H2,1-6H3;/q-2;+2/t47-,48+;/m1./s1. The first-order valence-electron chi connectivity index (χ1n) is 20.4. The Labute approximate surface area is 357 Å². The van der Waals surface area contributed by atoms with E-state index in [-0.39, 0.29) is 44.0 Å². The first-order valence-corrected chi connectivity index (χ1v) is 20.4. The van der Waals surface area contributed by atoms with Gasteiger partial charge in [0, 0.05) is 29.4 Å². The largest absolute Gasteiger partial charge is 2.00 e. The molecule has 0 N–H and O–H groups in total. The zero-order valence-corrected chi connectivity index (χ0v) is 36.4. The molecule has 1 fully saturated rings. The molecule has 1 aliphatic heterocycles. The molecule has 0 bridgehead atoms. The fourth-order valence-corrected chi connectivity index (χ4v) is 8.50. The van der Waals surface area contributed by atoms with Crippen molar-refractivity contribution in [2.45, 2.75) is 96.6 Å². The molecular formula is C51H50N4O2Pt. The summed E-state index contributed by atoms with van der Waals surface area (Å²) in [4.78, 5) is 15.0. The summed E-state index contributed by atoms with van der Waals surface area (Å²) >= 11 is 0. The normalized spacial score (nSPS) is 17.5. The molecule has 0 spiro atoms. The van der Waals surface area contributed by atoms with Crippen LogP contribution in [0, 0.1) is 18.1 Å². The van der Waals surface area contributed by atoms with Crippen LogP contribution in [0.2, 0.25) is 0 Å². The van der Waals surface area contributed by atoms with Gasteiger partial charge in [-0.3, -0.25) is 9.98 Å². The third-order valence-corrected chi connectivity index (χ3v) is 11.7. The van der Waals surface area contributed by atoms with Gasteiger partial charge in [-0.15, -0.1) is 23.6 Å². The van der Waals surface area contributed by atoms with E-state index in [4.69, 9.17) is 24.4 Å². The molecule has 0 unspecified atom stereocenters. The van der Waals surface area contributed by atoms with Gasteiger partial charge in [0.05, 0.1) is 11.7 Å². The minimum Gasteiger partial charge on any atom is -0.510 e. The van der Waals surface area contributed by atoms with Crippen LogP contribution in [-0.4, -0.2) is 26.5 Å². The first-order chi connectivity index (χ1) is 27.5. The zero-order chi connectivity index (χ0) is 39.3. The summed E-state index contributed by atoms with van der Waals surface area (Å²) in [7, 11) is 0. The molecule has 3 aromatic heterocycles. The molecule has 4 aromatic carbocycles. The molecule has 9 rings (SSSR count). The molecule has 0 saturated heterocycles. The van der Waals surface area contributed by atoms with Gasteiger partial charge >= 0.3 is 21.1 Å². The van der Waals surface area contributed by atoms with E-state index in [1.807, 2.05) is 42.7 Å². The summed E-state index contributed by atoms with van der Waals surface area (Å²) in [6.45, 7) is 13.5. The summed E-state index contributed by atoms with van der Waals surface area (Å²) in [6.07, 6.45) is 9.68. The van der Waals surface area contributed by atoms with Crippen LogP contribution in [0.5, 0.6) is 11.5 Å². The molecule has 4 heterocycles. The van der Waals surface area contributed by atoms with Gasteiger partial charge in [-0.2, -0.15) is 6.07 Å². The fraction of sp³-hybridized carbons (Fsp3) is 0.314. The minimum atomic E-state index is -0.151. The number of benzene rings is 4. The van der Waals surface area contributed by atoms with Crippen LogP contribution >= 0.6 is 0 Å². The number of pyridine rings is 2. The molecule has 7 heteroatoms. The second kappa shape index (κ2) is 15.9. The van der Waals surface area contributed by atoms with Crippen LogP contribution in [0.3, 0.4) is 0 Å². The maximum absolute atomic E-state index is 6.84. The second-order valence-electron chi connectivity index (χ2n) is 17.8. The van der Waals surface area contributed by atoms with Crippen molar-refractivity contribution >= 4 is 27.7 Å². The number of ether oxygens (including phenoxy) is 2. The molecular weight excluding hydrogens is 896 g/mol. The Morgan fingerprint density at radius 2 is 1.45 bits per heavy atom. The van der Waals surface area contributed by atoms with Gasteiger partial charge < -0.3 is 14.0 Å². The van der Waals surface area contributed by atoms with Gasteiger partial charge in [0.25, 0.3) is 0 Å². The Morgan fingerprint density at radius 3 is 2.19 bits per heavy atom. The van der Waals surface area contributed by atoms with E-state index in [0.717, 1.165) is 50.0 Å². The van der Waals surface area contributed by atoms with E-state index in [1.165, 1.54) is 43.2 Å². The quantitative estimate of drug-likeness (QED) is 0.149. The van der Waals surface area contributed by atoms with Crippen molar-refractivity contribution < 1.29 is 30.5 Å². The predicted octanol–water partition coefficient (Wildman–Crippen LogP) is 12.7. The summed E-state index contributed by atoms with van der Waals surface area (Å²) in [5, 5.41) is 2.25. The van der Waals surface area contributed by atoms with Crippen molar-refractivity contribution in [2.75, 3.05) is 0 Å². The van der Waals surface area contributed by atoms with Crippen LogP contribution in [0.4, 0.5) is 0 Å². The Bertz CT molecular complexity index is 2600. The van der Waals surface area contributed by atoms with Crippen LogP contribution in [-0.2, 0) is 36.6 Å². The van der Waals surface area contributed by atoms with Crippen LogP contribution < -0.4 is 4.74 Å². The molecule has 1 aliphatic carbocycles. The second-order valence-corrected chi connectivity index (χ2v) is 17.8. The Morgan fingerprint density at radius 1 is 0.690 bits per heavy atom. The van der Waals surface area contributed by atoms with E-state index < -0.39 is 0 Å². The average Bonchev–Trinajstić information content (AvgIpc) is 3.81. The number of hydrogen-bond donors (Lipinski definition) is 0. The summed E-state index contributed by atoms with van der Waals surface area (Å²) in [5.74, 6) is 3.04. The Kier molecular flexibility index (Phi) is 10.9. The third kappa shape index (κ3) is 7.88. The van der Waals surface area contributed by atoms with E-state index >= 15 is 0 Å². The van der Waals surface area contributed by atoms with Gasteiger partial charge in [-0.05, 0) is 82.0 Å². The van der Waals surface area contributed by atoms with E-state index in [9.17, 15) is 0 Å². The molecule has 7 aromatic rings. The number of fused-ring (bicyclic) bond motifs is 3. The SMILES string of the molecule is CC(C)(C)c1ccnc(-n2c3[c-]c(Oc4[c-]c(C5=N[C@H](C6CCCCC6)[C@H](c6ccccc6)O5)cc(-c5ccccn5)c4)ccc3c3cc(C(C)(C)C)ccc32)c1.[Pt+2]. The van der Waals surface area contributed by atoms with Crippen molar-refractivity contribution in [2.24, 2.45) is 10.9 Å². The van der Waals surface area contributed by atoms with E-state index in [2.05, 4.69) is 131 Å². The van der Waals surface area contributed by atoms with E-state index in [1.54, 1.807) is 0 Å². The fourth-order valence-electron chi connectivity index (χ4n) is 8.50. The molecule has 296 valence electrons. The molecule has 6 nitrogen and oxygen atoms in total. The maximum atomic E-state index is 6.84. The monoisotopic (exact) mass is 945 g/mol. The number of hydrogen-bond acceptors (Lipinski definition) is 5.